The van der Waals surface area contributed by atoms with Gasteiger partial charge in [0.2, 0.25) is 0 Å². The number of para-hydroxylation sites is 2. The summed E-state index contributed by atoms with van der Waals surface area (Å²) in [6, 6.07) is 7.76. The summed E-state index contributed by atoms with van der Waals surface area (Å²) in [5.74, 6) is 1.60. The summed E-state index contributed by atoms with van der Waals surface area (Å²) in [6.45, 7) is 7.84. The van der Waals surface area contributed by atoms with Crippen LogP contribution in [0.4, 0.5) is 0 Å². The maximum Gasteiger partial charge on any atom is 0.161 e. The van der Waals surface area contributed by atoms with Crippen molar-refractivity contribution in [2.45, 2.75) is 6.92 Å². The molecular formula is C16H24ClNO3. The van der Waals surface area contributed by atoms with Crippen molar-refractivity contribution in [3.8, 4) is 11.5 Å². The summed E-state index contributed by atoms with van der Waals surface area (Å²) in [7, 11) is 0. The van der Waals surface area contributed by atoms with Crippen LogP contribution in [0.3, 0.4) is 0 Å². The van der Waals surface area contributed by atoms with Crippen LogP contribution in [0.2, 0.25) is 0 Å². The maximum absolute atomic E-state index is 5.72. The van der Waals surface area contributed by atoms with Crippen molar-refractivity contribution >= 4 is 12.4 Å². The van der Waals surface area contributed by atoms with Crippen molar-refractivity contribution < 1.29 is 14.2 Å². The highest BCUT2D eigenvalue weighted by molar-refractivity contribution is 5.85. The largest absolute Gasteiger partial charge is 0.490 e. The molecule has 4 nitrogen and oxygen atoms in total. The lowest BCUT2D eigenvalue weighted by molar-refractivity contribution is 0.0434. The van der Waals surface area contributed by atoms with Crippen LogP contribution >= 0.6 is 12.4 Å². The Balaban J connectivity index is 0.00000220. The van der Waals surface area contributed by atoms with Crippen molar-refractivity contribution in [2.75, 3.05) is 46.1 Å². The SMILES string of the molecule is CCOc1ccccc1OC/C=C/CN1CCOCC1.Cl. The van der Waals surface area contributed by atoms with Crippen LogP contribution in [0.15, 0.2) is 36.4 Å². The molecule has 0 amide bonds. The lowest BCUT2D eigenvalue weighted by Gasteiger charge is -2.25. The molecule has 0 aromatic heterocycles. The van der Waals surface area contributed by atoms with E-state index in [0.717, 1.165) is 44.3 Å². The number of ether oxygens (including phenoxy) is 3. The molecule has 0 N–H and O–H groups in total. The van der Waals surface area contributed by atoms with Crippen molar-refractivity contribution in [1.29, 1.82) is 0 Å². The van der Waals surface area contributed by atoms with Crippen molar-refractivity contribution in [1.82, 2.24) is 4.90 Å². The van der Waals surface area contributed by atoms with Crippen LogP contribution in [0, 0.1) is 0 Å². The number of hydrogen-bond acceptors (Lipinski definition) is 4. The van der Waals surface area contributed by atoms with E-state index in [-0.39, 0.29) is 12.4 Å². The van der Waals surface area contributed by atoms with Gasteiger partial charge >= 0.3 is 0 Å². The van der Waals surface area contributed by atoms with Gasteiger partial charge in [-0.05, 0) is 19.1 Å². The molecule has 0 bridgehead atoms. The summed E-state index contributed by atoms with van der Waals surface area (Å²) in [5, 5.41) is 0. The molecule has 0 radical (unpaired) electrons. The topological polar surface area (TPSA) is 30.9 Å². The Morgan fingerprint density at radius 3 is 2.43 bits per heavy atom. The summed E-state index contributed by atoms with van der Waals surface area (Å²) in [5.41, 5.74) is 0. The molecule has 5 heteroatoms. The summed E-state index contributed by atoms with van der Waals surface area (Å²) in [6.07, 6.45) is 4.20. The zero-order valence-corrected chi connectivity index (χ0v) is 13.3. The Morgan fingerprint density at radius 1 is 1.10 bits per heavy atom. The third kappa shape index (κ3) is 6.38. The number of benzene rings is 1. The molecule has 1 aliphatic heterocycles. The lowest BCUT2D eigenvalue weighted by atomic mass is 10.3. The number of hydrogen-bond donors (Lipinski definition) is 0. The van der Waals surface area contributed by atoms with Gasteiger partial charge in [0.05, 0.1) is 19.8 Å². The van der Waals surface area contributed by atoms with Gasteiger partial charge in [-0.3, -0.25) is 4.90 Å². The predicted molar refractivity (Wildman–Crippen MR) is 86.8 cm³/mol. The van der Waals surface area contributed by atoms with Gasteiger partial charge < -0.3 is 14.2 Å². The molecule has 0 saturated carbocycles. The van der Waals surface area contributed by atoms with Gasteiger partial charge in [-0.1, -0.05) is 24.3 Å². The van der Waals surface area contributed by atoms with E-state index < -0.39 is 0 Å². The minimum absolute atomic E-state index is 0. The van der Waals surface area contributed by atoms with Gasteiger partial charge in [0.15, 0.2) is 11.5 Å². The van der Waals surface area contributed by atoms with E-state index in [1.165, 1.54) is 0 Å². The first-order valence-corrected chi connectivity index (χ1v) is 7.20. The zero-order chi connectivity index (χ0) is 14.0. The van der Waals surface area contributed by atoms with Gasteiger partial charge in [-0.15, -0.1) is 12.4 Å². The molecule has 0 spiro atoms. The Kier molecular flexibility index (Phi) is 8.90. The second kappa shape index (κ2) is 10.5. The van der Waals surface area contributed by atoms with Crippen LogP contribution in [-0.2, 0) is 4.74 Å². The van der Waals surface area contributed by atoms with Crippen LogP contribution in [-0.4, -0.2) is 51.0 Å². The number of morpholine rings is 1. The van der Waals surface area contributed by atoms with E-state index in [4.69, 9.17) is 14.2 Å². The Morgan fingerprint density at radius 2 is 1.76 bits per heavy atom. The normalized spacial score (nSPS) is 15.7. The molecule has 1 aliphatic rings. The van der Waals surface area contributed by atoms with Crippen LogP contribution < -0.4 is 9.47 Å². The summed E-state index contributed by atoms with van der Waals surface area (Å²) in [4.78, 5) is 2.37. The minimum Gasteiger partial charge on any atom is -0.490 e. The number of halogens is 1. The fourth-order valence-corrected chi connectivity index (χ4v) is 2.06. The van der Waals surface area contributed by atoms with E-state index in [2.05, 4.69) is 17.1 Å². The van der Waals surface area contributed by atoms with E-state index in [1.807, 2.05) is 31.2 Å². The fraction of sp³-hybridized carbons (Fsp3) is 0.500. The Labute approximate surface area is 133 Å². The quantitative estimate of drug-likeness (QED) is 0.724. The first-order chi connectivity index (χ1) is 9.90. The third-order valence-electron chi connectivity index (χ3n) is 3.12. The molecule has 1 fully saturated rings. The van der Waals surface area contributed by atoms with E-state index in [0.29, 0.717) is 13.2 Å². The predicted octanol–water partition coefficient (Wildman–Crippen LogP) is 2.77. The number of rotatable bonds is 7. The summed E-state index contributed by atoms with van der Waals surface area (Å²) >= 11 is 0. The zero-order valence-electron chi connectivity index (χ0n) is 12.5. The van der Waals surface area contributed by atoms with Crippen LogP contribution in [0.25, 0.3) is 0 Å². The molecule has 0 aliphatic carbocycles. The average Bonchev–Trinajstić information content (AvgIpc) is 2.50. The van der Waals surface area contributed by atoms with E-state index in [9.17, 15) is 0 Å². The van der Waals surface area contributed by atoms with Crippen LogP contribution in [0.1, 0.15) is 6.92 Å². The molecule has 118 valence electrons. The van der Waals surface area contributed by atoms with Crippen LogP contribution in [0.5, 0.6) is 11.5 Å². The Bertz CT molecular complexity index is 420. The highest BCUT2D eigenvalue weighted by atomic mass is 35.5. The monoisotopic (exact) mass is 313 g/mol. The molecule has 0 atom stereocenters. The van der Waals surface area contributed by atoms with Crippen molar-refractivity contribution in [2.24, 2.45) is 0 Å². The molecular weight excluding hydrogens is 290 g/mol. The van der Waals surface area contributed by atoms with Gasteiger partial charge in [0, 0.05) is 19.6 Å². The second-order valence-corrected chi connectivity index (χ2v) is 4.58. The molecule has 2 rings (SSSR count). The maximum atomic E-state index is 5.72. The minimum atomic E-state index is 0. The first kappa shape index (κ1) is 17.8. The van der Waals surface area contributed by atoms with Gasteiger partial charge in [-0.25, -0.2) is 0 Å². The smallest absolute Gasteiger partial charge is 0.161 e. The van der Waals surface area contributed by atoms with E-state index >= 15 is 0 Å². The highest BCUT2D eigenvalue weighted by Crippen LogP contribution is 2.26. The molecule has 1 aromatic carbocycles. The number of nitrogens with zero attached hydrogens (tertiary/aromatic N) is 1. The van der Waals surface area contributed by atoms with Crippen molar-refractivity contribution in [3.05, 3.63) is 36.4 Å². The standard InChI is InChI=1S/C16H23NO3.ClH/c1-2-19-15-7-3-4-8-16(15)20-12-6-5-9-17-10-13-18-14-11-17;/h3-8H,2,9-14H2,1H3;1H/b6-5+;. The molecule has 1 aromatic rings. The third-order valence-corrected chi connectivity index (χ3v) is 3.12. The van der Waals surface area contributed by atoms with E-state index in [1.54, 1.807) is 0 Å². The Hall–Kier alpha value is -1.23. The summed E-state index contributed by atoms with van der Waals surface area (Å²) < 4.78 is 16.6. The second-order valence-electron chi connectivity index (χ2n) is 4.58. The molecule has 0 unspecified atom stereocenters. The van der Waals surface area contributed by atoms with Gasteiger partial charge in [0.25, 0.3) is 0 Å². The first-order valence-electron chi connectivity index (χ1n) is 7.20. The average molecular weight is 314 g/mol. The van der Waals surface area contributed by atoms with Gasteiger partial charge in [-0.2, -0.15) is 0 Å². The van der Waals surface area contributed by atoms with Gasteiger partial charge in [0.1, 0.15) is 6.61 Å². The van der Waals surface area contributed by atoms with Crippen molar-refractivity contribution in [3.63, 3.8) is 0 Å². The fourth-order valence-electron chi connectivity index (χ4n) is 2.06. The lowest BCUT2D eigenvalue weighted by Crippen LogP contribution is -2.36. The molecule has 1 heterocycles. The highest BCUT2D eigenvalue weighted by Gasteiger charge is 2.07. The molecule has 21 heavy (non-hydrogen) atoms. The molecule has 1 saturated heterocycles.